The van der Waals surface area contributed by atoms with Gasteiger partial charge in [0.05, 0.1) is 12.3 Å². The molecule has 1 N–H and O–H groups in total. The van der Waals surface area contributed by atoms with Gasteiger partial charge in [-0.3, -0.25) is 0 Å². The molecule has 0 aliphatic carbocycles. The molecule has 0 saturated carbocycles. The molecule has 0 radical (unpaired) electrons. The van der Waals surface area contributed by atoms with Crippen LogP contribution in [0, 0.1) is 5.82 Å². The number of ether oxygens (including phenoxy) is 1. The van der Waals surface area contributed by atoms with Crippen molar-refractivity contribution in [1.29, 1.82) is 0 Å². The molecule has 0 unspecified atom stereocenters. The predicted molar refractivity (Wildman–Crippen MR) is 67.8 cm³/mol. The quantitative estimate of drug-likeness (QED) is 0.824. The van der Waals surface area contributed by atoms with E-state index in [1.165, 1.54) is 12.1 Å². The van der Waals surface area contributed by atoms with Crippen LogP contribution < -0.4 is 5.32 Å². The lowest BCUT2D eigenvalue weighted by Gasteiger charge is -2.05. The molecular formula is C13H14FN3O. The number of methoxy groups -OCH3 is 1. The number of benzene rings is 1. The van der Waals surface area contributed by atoms with E-state index >= 15 is 0 Å². The summed E-state index contributed by atoms with van der Waals surface area (Å²) in [6, 6.07) is 9.84. The molecule has 2 aromatic rings. The molecule has 0 amide bonds. The third-order valence-electron chi connectivity index (χ3n) is 2.42. The standard InChI is InChI=1S/C13H14FN3O/c1-18-9-8-15-13-7-6-12(16-17-13)10-2-4-11(14)5-3-10/h2-7H,8-9H2,1H3,(H,15,17). The summed E-state index contributed by atoms with van der Waals surface area (Å²) in [6.45, 7) is 1.29. The Labute approximate surface area is 105 Å². The summed E-state index contributed by atoms with van der Waals surface area (Å²) in [5, 5.41) is 11.2. The monoisotopic (exact) mass is 247 g/mol. The number of nitrogens with one attached hydrogen (secondary N) is 1. The summed E-state index contributed by atoms with van der Waals surface area (Å²) < 4.78 is 17.7. The van der Waals surface area contributed by atoms with Gasteiger partial charge in [0.2, 0.25) is 0 Å². The van der Waals surface area contributed by atoms with Gasteiger partial charge in [0.25, 0.3) is 0 Å². The average Bonchev–Trinajstić information content (AvgIpc) is 2.41. The highest BCUT2D eigenvalue weighted by atomic mass is 19.1. The molecule has 1 heterocycles. The molecule has 0 aliphatic heterocycles. The highest BCUT2D eigenvalue weighted by Crippen LogP contribution is 2.17. The summed E-state index contributed by atoms with van der Waals surface area (Å²) >= 11 is 0. The molecule has 0 bridgehead atoms. The first-order valence-electron chi connectivity index (χ1n) is 5.62. The largest absolute Gasteiger partial charge is 0.383 e. The summed E-state index contributed by atoms with van der Waals surface area (Å²) in [5.74, 6) is 0.433. The first-order chi connectivity index (χ1) is 8.79. The molecule has 18 heavy (non-hydrogen) atoms. The molecule has 2 rings (SSSR count). The zero-order chi connectivity index (χ0) is 12.8. The molecule has 4 nitrogen and oxygen atoms in total. The summed E-state index contributed by atoms with van der Waals surface area (Å²) in [5.41, 5.74) is 1.56. The molecule has 0 aliphatic rings. The Bertz CT molecular complexity index is 485. The number of aromatic nitrogens is 2. The van der Waals surface area contributed by atoms with E-state index in [9.17, 15) is 4.39 Å². The van der Waals surface area contributed by atoms with E-state index in [-0.39, 0.29) is 5.82 Å². The van der Waals surface area contributed by atoms with Crippen molar-refractivity contribution >= 4 is 5.82 Å². The van der Waals surface area contributed by atoms with Crippen LogP contribution in [0.5, 0.6) is 0 Å². The van der Waals surface area contributed by atoms with Crippen LogP contribution in [0.3, 0.4) is 0 Å². The fourth-order valence-electron chi connectivity index (χ4n) is 1.48. The Balaban J connectivity index is 2.05. The number of hydrogen-bond donors (Lipinski definition) is 1. The first kappa shape index (κ1) is 12.4. The third-order valence-corrected chi connectivity index (χ3v) is 2.42. The normalized spacial score (nSPS) is 10.3. The second kappa shape index (κ2) is 6.07. The zero-order valence-corrected chi connectivity index (χ0v) is 10.1. The average molecular weight is 247 g/mol. The van der Waals surface area contributed by atoms with Gasteiger partial charge in [-0.05, 0) is 36.4 Å². The molecular weight excluding hydrogens is 233 g/mol. The summed E-state index contributed by atoms with van der Waals surface area (Å²) in [7, 11) is 1.64. The van der Waals surface area contributed by atoms with Crippen molar-refractivity contribution < 1.29 is 9.13 Å². The molecule has 0 fully saturated rings. The van der Waals surface area contributed by atoms with E-state index in [0.717, 1.165) is 5.56 Å². The minimum atomic E-state index is -0.260. The van der Waals surface area contributed by atoms with Crippen LogP contribution in [-0.4, -0.2) is 30.5 Å². The molecule has 0 saturated heterocycles. The van der Waals surface area contributed by atoms with Gasteiger partial charge in [0.15, 0.2) is 0 Å². The second-order valence-corrected chi connectivity index (χ2v) is 3.73. The van der Waals surface area contributed by atoms with E-state index in [4.69, 9.17) is 4.74 Å². The van der Waals surface area contributed by atoms with Crippen LogP contribution in [0.1, 0.15) is 0 Å². The first-order valence-corrected chi connectivity index (χ1v) is 5.62. The third kappa shape index (κ3) is 3.24. The lowest BCUT2D eigenvalue weighted by Crippen LogP contribution is -2.09. The van der Waals surface area contributed by atoms with Gasteiger partial charge in [-0.25, -0.2) is 4.39 Å². The van der Waals surface area contributed by atoms with E-state index in [1.54, 1.807) is 19.2 Å². The summed E-state index contributed by atoms with van der Waals surface area (Å²) in [4.78, 5) is 0. The highest BCUT2D eigenvalue weighted by molar-refractivity contribution is 5.59. The maximum Gasteiger partial charge on any atom is 0.148 e. The number of halogens is 1. The number of hydrogen-bond acceptors (Lipinski definition) is 4. The molecule has 5 heteroatoms. The van der Waals surface area contributed by atoms with Gasteiger partial charge in [0.1, 0.15) is 11.6 Å². The van der Waals surface area contributed by atoms with Crippen molar-refractivity contribution in [3.8, 4) is 11.3 Å². The lowest BCUT2D eigenvalue weighted by molar-refractivity contribution is 0.210. The summed E-state index contributed by atoms with van der Waals surface area (Å²) in [6.07, 6.45) is 0. The minimum Gasteiger partial charge on any atom is -0.383 e. The fourth-order valence-corrected chi connectivity index (χ4v) is 1.48. The van der Waals surface area contributed by atoms with E-state index in [0.29, 0.717) is 24.7 Å². The number of anilines is 1. The lowest BCUT2D eigenvalue weighted by atomic mass is 10.1. The molecule has 1 aromatic heterocycles. The van der Waals surface area contributed by atoms with Gasteiger partial charge in [0, 0.05) is 19.2 Å². The van der Waals surface area contributed by atoms with Gasteiger partial charge in [-0.2, -0.15) is 0 Å². The molecule has 0 spiro atoms. The number of nitrogens with zero attached hydrogens (tertiary/aromatic N) is 2. The Kier molecular flexibility index (Phi) is 4.20. The van der Waals surface area contributed by atoms with Crippen molar-refractivity contribution in [2.75, 3.05) is 25.6 Å². The maximum atomic E-state index is 12.8. The van der Waals surface area contributed by atoms with Crippen LogP contribution in [0.15, 0.2) is 36.4 Å². The Hall–Kier alpha value is -2.01. The Morgan fingerprint density at radius 3 is 2.50 bits per heavy atom. The van der Waals surface area contributed by atoms with Crippen LogP contribution >= 0.6 is 0 Å². The smallest absolute Gasteiger partial charge is 0.148 e. The Morgan fingerprint density at radius 1 is 1.11 bits per heavy atom. The van der Waals surface area contributed by atoms with Crippen molar-refractivity contribution in [2.45, 2.75) is 0 Å². The van der Waals surface area contributed by atoms with E-state index < -0.39 is 0 Å². The van der Waals surface area contributed by atoms with E-state index in [2.05, 4.69) is 15.5 Å². The van der Waals surface area contributed by atoms with Crippen molar-refractivity contribution in [2.24, 2.45) is 0 Å². The van der Waals surface area contributed by atoms with Gasteiger partial charge in [-0.1, -0.05) is 0 Å². The van der Waals surface area contributed by atoms with Gasteiger partial charge < -0.3 is 10.1 Å². The van der Waals surface area contributed by atoms with E-state index in [1.807, 2.05) is 12.1 Å². The molecule has 1 aromatic carbocycles. The topological polar surface area (TPSA) is 47.0 Å². The SMILES string of the molecule is COCCNc1ccc(-c2ccc(F)cc2)nn1. The van der Waals surface area contributed by atoms with Gasteiger partial charge in [-0.15, -0.1) is 10.2 Å². The second-order valence-electron chi connectivity index (χ2n) is 3.73. The zero-order valence-electron chi connectivity index (χ0n) is 10.1. The maximum absolute atomic E-state index is 12.8. The fraction of sp³-hybridized carbons (Fsp3) is 0.231. The molecule has 0 atom stereocenters. The Morgan fingerprint density at radius 2 is 1.89 bits per heavy atom. The van der Waals surface area contributed by atoms with Crippen LogP contribution in [-0.2, 0) is 4.74 Å². The van der Waals surface area contributed by atoms with Crippen LogP contribution in [0.2, 0.25) is 0 Å². The van der Waals surface area contributed by atoms with Crippen molar-refractivity contribution in [3.05, 3.63) is 42.2 Å². The van der Waals surface area contributed by atoms with Gasteiger partial charge >= 0.3 is 0 Å². The van der Waals surface area contributed by atoms with Crippen LogP contribution in [0.4, 0.5) is 10.2 Å². The number of rotatable bonds is 5. The van der Waals surface area contributed by atoms with Crippen molar-refractivity contribution in [3.63, 3.8) is 0 Å². The predicted octanol–water partition coefficient (Wildman–Crippen LogP) is 2.34. The highest BCUT2D eigenvalue weighted by Gasteiger charge is 2.01. The minimum absolute atomic E-state index is 0.260. The molecule has 94 valence electrons. The van der Waals surface area contributed by atoms with Crippen molar-refractivity contribution in [1.82, 2.24) is 10.2 Å². The van der Waals surface area contributed by atoms with Crippen LogP contribution in [0.25, 0.3) is 11.3 Å².